The molecular weight excluding hydrogens is 212 g/mol. The molecule has 4 nitrogen and oxygen atoms in total. The molecule has 68 valence electrons. The minimum absolute atomic E-state index is 0.0463. The fourth-order valence-corrected chi connectivity index (χ4v) is 1.68. The first-order valence-corrected chi connectivity index (χ1v) is 5.10. The number of rotatable bonds is 1. The van der Waals surface area contributed by atoms with E-state index in [1.54, 1.807) is 6.07 Å². The number of benzene rings is 1. The van der Waals surface area contributed by atoms with Crippen molar-refractivity contribution in [2.75, 3.05) is 0 Å². The standard InChI is InChI=1S/C7H5ClN2O2S/c8-6-1-2-7(13(10,11)12)5(3-6)4-9/h1-3H,(H2,10,11,12). The number of nitrogens with two attached hydrogens (primary N) is 1. The van der Waals surface area contributed by atoms with E-state index < -0.39 is 10.0 Å². The van der Waals surface area contributed by atoms with Gasteiger partial charge in [0.1, 0.15) is 6.07 Å². The van der Waals surface area contributed by atoms with E-state index in [4.69, 9.17) is 22.0 Å². The van der Waals surface area contributed by atoms with E-state index in [1.165, 1.54) is 18.2 Å². The molecule has 2 N–H and O–H groups in total. The summed E-state index contributed by atoms with van der Waals surface area (Å²) in [6.07, 6.45) is 0. The third-order valence-corrected chi connectivity index (χ3v) is 2.57. The molecule has 0 saturated heterocycles. The number of hydrogen-bond acceptors (Lipinski definition) is 3. The van der Waals surface area contributed by atoms with Crippen LogP contribution in [0.25, 0.3) is 0 Å². The Balaban J connectivity index is 3.50. The van der Waals surface area contributed by atoms with Crippen molar-refractivity contribution in [2.24, 2.45) is 5.14 Å². The maximum absolute atomic E-state index is 10.9. The van der Waals surface area contributed by atoms with Crippen molar-refractivity contribution in [3.8, 4) is 6.07 Å². The normalized spacial score (nSPS) is 10.8. The molecule has 0 aromatic heterocycles. The molecule has 1 aromatic rings. The van der Waals surface area contributed by atoms with E-state index in [2.05, 4.69) is 0 Å². The van der Waals surface area contributed by atoms with Gasteiger partial charge in [0.2, 0.25) is 10.0 Å². The van der Waals surface area contributed by atoms with E-state index in [0.29, 0.717) is 5.02 Å². The lowest BCUT2D eigenvalue weighted by molar-refractivity contribution is 0.597. The Morgan fingerprint density at radius 1 is 1.46 bits per heavy atom. The molecule has 0 aliphatic carbocycles. The molecule has 0 aliphatic heterocycles. The summed E-state index contributed by atoms with van der Waals surface area (Å²) in [6.45, 7) is 0. The van der Waals surface area contributed by atoms with Gasteiger partial charge < -0.3 is 0 Å². The molecule has 13 heavy (non-hydrogen) atoms. The predicted octanol–water partition coefficient (Wildman–Crippen LogP) is 0.859. The van der Waals surface area contributed by atoms with Crippen LogP contribution in [0.1, 0.15) is 5.56 Å². The van der Waals surface area contributed by atoms with E-state index in [9.17, 15) is 8.42 Å². The monoisotopic (exact) mass is 216 g/mol. The first-order valence-electron chi connectivity index (χ1n) is 3.17. The SMILES string of the molecule is N#Cc1cc(Cl)ccc1S(N)(=O)=O. The van der Waals surface area contributed by atoms with Crippen molar-refractivity contribution < 1.29 is 8.42 Å². The highest BCUT2D eigenvalue weighted by Gasteiger charge is 2.13. The number of halogens is 1. The third kappa shape index (κ3) is 2.18. The fourth-order valence-electron chi connectivity index (χ4n) is 0.838. The van der Waals surface area contributed by atoms with Crippen LogP contribution in [0.2, 0.25) is 5.02 Å². The van der Waals surface area contributed by atoms with Crippen LogP contribution >= 0.6 is 11.6 Å². The summed E-state index contributed by atoms with van der Waals surface area (Å²) in [7, 11) is -3.84. The maximum Gasteiger partial charge on any atom is 0.239 e. The van der Waals surface area contributed by atoms with Crippen LogP contribution in [0.3, 0.4) is 0 Å². The molecule has 0 bridgehead atoms. The predicted molar refractivity (Wildman–Crippen MR) is 47.5 cm³/mol. The van der Waals surface area contributed by atoms with Crippen molar-refractivity contribution in [3.63, 3.8) is 0 Å². The third-order valence-electron chi connectivity index (χ3n) is 1.37. The molecule has 1 rings (SSSR count). The topological polar surface area (TPSA) is 83.9 Å². The Morgan fingerprint density at radius 2 is 2.08 bits per heavy atom. The number of nitrogens with zero attached hydrogens (tertiary/aromatic N) is 1. The van der Waals surface area contributed by atoms with Crippen molar-refractivity contribution in [1.29, 1.82) is 5.26 Å². The van der Waals surface area contributed by atoms with Gasteiger partial charge in [-0.15, -0.1) is 0 Å². The second kappa shape index (κ2) is 3.34. The number of primary sulfonamides is 1. The molecule has 6 heteroatoms. The summed E-state index contributed by atoms with van der Waals surface area (Å²) in [6, 6.07) is 5.52. The van der Waals surface area contributed by atoms with E-state index in [0.717, 1.165) is 0 Å². The molecule has 0 saturated carbocycles. The van der Waals surface area contributed by atoms with Crippen LogP contribution in [0, 0.1) is 11.3 Å². The van der Waals surface area contributed by atoms with Crippen molar-refractivity contribution in [2.45, 2.75) is 4.90 Å². The summed E-state index contributed by atoms with van der Waals surface area (Å²) < 4.78 is 21.8. The molecule has 0 spiro atoms. The van der Waals surface area contributed by atoms with Gasteiger partial charge in [-0.2, -0.15) is 5.26 Å². The summed E-state index contributed by atoms with van der Waals surface area (Å²) in [5.74, 6) is 0. The van der Waals surface area contributed by atoms with Gasteiger partial charge in [-0.05, 0) is 18.2 Å². The highest BCUT2D eigenvalue weighted by Crippen LogP contribution is 2.18. The Bertz CT molecular complexity index is 476. The van der Waals surface area contributed by atoms with E-state index in [1.807, 2.05) is 0 Å². The van der Waals surface area contributed by atoms with Crippen LogP contribution in [0.4, 0.5) is 0 Å². The van der Waals surface area contributed by atoms with Crippen molar-refractivity contribution in [3.05, 3.63) is 28.8 Å². The molecule has 0 atom stereocenters. The smallest absolute Gasteiger partial charge is 0.225 e. The van der Waals surface area contributed by atoms with Gasteiger partial charge in [0.15, 0.2) is 0 Å². The van der Waals surface area contributed by atoms with Gasteiger partial charge in [-0.3, -0.25) is 0 Å². The molecular formula is C7H5ClN2O2S. The Labute approximate surface area is 80.6 Å². The molecule has 0 radical (unpaired) electrons. The first-order chi connectivity index (χ1) is 5.95. The Kier molecular flexibility index (Phi) is 2.57. The largest absolute Gasteiger partial charge is 0.239 e. The average Bonchev–Trinajstić information content (AvgIpc) is 2.01. The zero-order valence-electron chi connectivity index (χ0n) is 6.36. The Morgan fingerprint density at radius 3 is 2.54 bits per heavy atom. The minimum atomic E-state index is -3.84. The van der Waals surface area contributed by atoms with Crippen LogP contribution in [0.15, 0.2) is 23.1 Å². The maximum atomic E-state index is 10.9. The molecule has 0 fully saturated rings. The molecule has 0 amide bonds. The van der Waals surface area contributed by atoms with Gasteiger partial charge >= 0.3 is 0 Å². The summed E-state index contributed by atoms with van der Waals surface area (Å²) >= 11 is 5.56. The Hall–Kier alpha value is -1.09. The average molecular weight is 217 g/mol. The zero-order chi connectivity index (χ0) is 10.1. The molecule has 0 heterocycles. The van der Waals surface area contributed by atoms with E-state index >= 15 is 0 Å². The van der Waals surface area contributed by atoms with Gasteiger partial charge in [-0.25, -0.2) is 13.6 Å². The van der Waals surface area contributed by atoms with Crippen molar-refractivity contribution in [1.82, 2.24) is 0 Å². The van der Waals surface area contributed by atoms with Gasteiger partial charge in [0, 0.05) is 5.02 Å². The molecule has 0 aliphatic rings. The lowest BCUT2D eigenvalue weighted by atomic mass is 10.2. The lowest BCUT2D eigenvalue weighted by Gasteiger charge is -2.00. The summed E-state index contributed by atoms with van der Waals surface area (Å²) in [4.78, 5) is -0.209. The fraction of sp³-hybridized carbons (Fsp3) is 0. The van der Waals surface area contributed by atoms with Gasteiger partial charge in [0.25, 0.3) is 0 Å². The highest BCUT2D eigenvalue weighted by molar-refractivity contribution is 7.89. The molecule has 0 unspecified atom stereocenters. The second-order valence-corrected chi connectivity index (χ2v) is 4.26. The van der Waals surface area contributed by atoms with Crippen LogP contribution < -0.4 is 5.14 Å². The lowest BCUT2D eigenvalue weighted by Crippen LogP contribution is -2.13. The van der Waals surface area contributed by atoms with E-state index in [-0.39, 0.29) is 10.5 Å². The molecule has 1 aromatic carbocycles. The number of nitriles is 1. The minimum Gasteiger partial charge on any atom is -0.225 e. The first kappa shape index (κ1) is 9.99. The summed E-state index contributed by atoms with van der Waals surface area (Å²) in [5.41, 5.74) is -0.0463. The number of sulfonamides is 1. The van der Waals surface area contributed by atoms with Gasteiger partial charge in [0.05, 0.1) is 10.5 Å². The van der Waals surface area contributed by atoms with Crippen LogP contribution in [-0.4, -0.2) is 8.42 Å². The summed E-state index contributed by atoms with van der Waals surface area (Å²) in [5, 5.41) is 13.7. The zero-order valence-corrected chi connectivity index (χ0v) is 7.93. The van der Waals surface area contributed by atoms with Gasteiger partial charge in [-0.1, -0.05) is 11.6 Å². The second-order valence-electron chi connectivity index (χ2n) is 2.30. The van der Waals surface area contributed by atoms with Crippen LogP contribution in [0.5, 0.6) is 0 Å². The number of hydrogen-bond donors (Lipinski definition) is 1. The quantitative estimate of drug-likeness (QED) is 0.756. The highest BCUT2D eigenvalue weighted by atomic mass is 35.5. The van der Waals surface area contributed by atoms with Crippen LogP contribution in [-0.2, 0) is 10.0 Å². The van der Waals surface area contributed by atoms with Crippen molar-refractivity contribution >= 4 is 21.6 Å².